The van der Waals surface area contributed by atoms with Crippen LogP contribution in [0.3, 0.4) is 0 Å². The van der Waals surface area contributed by atoms with E-state index in [0.29, 0.717) is 3.58 Å². The molecule has 0 aliphatic heterocycles. The summed E-state index contributed by atoms with van der Waals surface area (Å²) in [6, 6.07) is 0. The van der Waals surface area contributed by atoms with Gasteiger partial charge in [0.15, 0.2) is 0 Å². The van der Waals surface area contributed by atoms with Gasteiger partial charge in [0.1, 0.15) is 10.3 Å². The number of hydrogen-bond acceptors (Lipinski definition) is 3. The minimum absolute atomic E-state index is 0.119. The van der Waals surface area contributed by atoms with Gasteiger partial charge in [0, 0.05) is 0 Å². The highest BCUT2D eigenvalue weighted by molar-refractivity contribution is 14.1. The topological polar surface area (TPSA) is 38.7 Å². The van der Waals surface area contributed by atoms with Crippen molar-refractivity contribution in [3.8, 4) is 0 Å². The minimum atomic E-state index is -0.546. The zero-order valence-corrected chi connectivity index (χ0v) is 11.3. The number of halogens is 3. The fraction of sp³-hybridized carbons (Fsp3) is 0.250. The molecule has 0 aromatic heterocycles. The van der Waals surface area contributed by atoms with Crippen LogP contribution in [0.5, 0.6) is 0 Å². The second-order valence-corrected chi connectivity index (χ2v) is 4.17. The number of ether oxygens (including phenoxy) is 1. The van der Waals surface area contributed by atoms with Crippen LogP contribution in [0.2, 0.25) is 0 Å². The lowest BCUT2D eigenvalue weighted by atomic mass is 10.3. The lowest BCUT2D eigenvalue weighted by Gasteiger charge is -2.02. The highest BCUT2D eigenvalue weighted by Crippen LogP contribution is 2.25. The summed E-state index contributed by atoms with van der Waals surface area (Å²) in [5.74, 6) is -0.546. The first-order chi connectivity index (χ1) is 6.40. The van der Waals surface area contributed by atoms with E-state index in [1.807, 2.05) is 22.6 Å². The van der Waals surface area contributed by atoms with Crippen molar-refractivity contribution in [1.82, 2.24) is 0 Å². The maximum absolute atomic E-state index is 11.0. The number of methoxy groups -OCH3 is 1. The molecule has 0 saturated heterocycles. The van der Waals surface area contributed by atoms with Crippen molar-refractivity contribution < 1.29 is 9.53 Å². The van der Waals surface area contributed by atoms with Gasteiger partial charge in [-0.2, -0.15) is 0 Å². The average Bonchev–Trinajstić information content (AvgIpc) is 2.13. The third kappa shape index (κ3) is 4.43. The van der Waals surface area contributed by atoms with Gasteiger partial charge in [-0.05, 0) is 29.5 Å². The summed E-state index contributed by atoms with van der Waals surface area (Å²) in [6.07, 6.45) is 0. The molecule has 3 nitrogen and oxygen atoms in total. The molecule has 0 spiro atoms. The molecule has 14 heavy (non-hydrogen) atoms. The molecule has 0 N–H and O–H groups in total. The first kappa shape index (κ1) is 13.9. The van der Waals surface area contributed by atoms with E-state index < -0.39 is 5.97 Å². The van der Waals surface area contributed by atoms with E-state index >= 15 is 0 Å². The second kappa shape index (κ2) is 6.42. The first-order valence-electron chi connectivity index (χ1n) is 3.43. The van der Waals surface area contributed by atoms with Gasteiger partial charge < -0.3 is 4.74 Å². The third-order valence-corrected chi connectivity index (χ3v) is 2.97. The Morgan fingerprint density at radius 2 is 2.00 bits per heavy atom. The van der Waals surface area contributed by atoms with Crippen molar-refractivity contribution >= 4 is 56.9 Å². The maximum atomic E-state index is 11.0. The van der Waals surface area contributed by atoms with Gasteiger partial charge in [-0.1, -0.05) is 29.8 Å². The van der Waals surface area contributed by atoms with Crippen LogP contribution in [0.25, 0.3) is 0 Å². The predicted molar refractivity (Wildman–Crippen MR) is 67.0 cm³/mol. The lowest BCUT2D eigenvalue weighted by Crippen LogP contribution is -2.03. The summed E-state index contributed by atoms with van der Waals surface area (Å²) in [5, 5.41) is 0.398. The van der Waals surface area contributed by atoms with Crippen LogP contribution in [0.4, 0.5) is 0 Å². The molecule has 78 valence electrons. The van der Waals surface area contributed by atoms with Gasteiger partial charge in [0.05, 0.1) is 16.3 Å². The van der Waals surface area contributed by atoms with Gasteiger partial charge in [0.25, 0.3) is 0 Å². The molecule has 0 bridgehead atoms. The van der Waals surface area contributed by atoms with Crippen molar-refractivity contribution in [2.45, 2.75) is 6.92 Å². The molecule has 0 aromatic rings. The summed E-state index contributed by atoms with van der Waals surface area (Å²) in [6.45, 7) is 5.10. The predicted octanol–water partition coefficient (Wildman–Crippen LogP) is 3.22. The highest BCUT2D eigenvalue weighted by Gasteiger charge is 2.13. The van der Waals surface area contributed by atoms with E-state index in [4.69, 9.17) is 23.2 Å². The fourth-order valence-electron chi connectivity index (χ4n) is 0.522. The molecule has 0 unspecified atom stereocenters. The molecule has 6 heteroatoms. The van der Waals surface area contributed by atoms with Crippen molar-refractivity contribution in [1.29, 1.82) is 0 Å². The van der Waals surface area contributed by atoms with Crippen molar-refractivity contribution in [3.63, 3.8) is 0 Å². The molecule has 0 radical (unpaired) electrons. The monoisotopic (exact) mass is 347 g/mol. The van der Waals surface area contributed by atoms with E-state index in [9.17, 15) is 4.79 Å². The smallest absolute Gasteiger partial charge is 0.338 e. The van der Waals surface area contributed by atoms with Gasteiger partial charge >= 0.3 is 5.97 Å². The van der Waals surface area contributed by atoms with Crippen molar-refractivity contribution in [2.24, 2.45) is 4.99 Å². The zero-order chi connectivity index (χ0) is 11.3. The first-order valence-corrected chi connectivity index (χ1v) is 5.27. The maximum Gasteiger partial charge on any atom is 0.338 e. The van der Waals surface area contributed by atoms with E-state index in [2.05, 4.69) is 16.3 Å². The molecule has 0 heterocycles. The second-order valence-electron chi connectivity index (χ2n) is 2.18. The zero-order valence-electron chi connectivity index (χ0n) is 7.60. The summed E-state index contributed by atoms with van der Waals surface area (Å²) in [4.78, 5) is 14.8. The standard InChI is InChI=1S/C8H8Cl2INO2/c1-4(8(13)14-3)6(11)7(10)12-5(2)9/h1H2,2-3H3/b7-6+,12-5+. The number of nitrogens with zero attached hydrogens (tertiary/aromatic N) is 1. The Hall–Kier alpha value is -0.0700. The molecule has 0 aromatic carbocycles. The molecular weight excluding hydrogens is 340 g/mol. The number of rotatable bonds is 3. The third-order valence-electron chi connectivity index (χ3n) is 1.13. The number of aliphatic imine (C=N–C) groups is 1. The molecule has 0 rings (SSSR count). The quantitative estimate of drug-likeness (QED) is 0.196. The Morgan fingerprint density at radius 1 is 1.50 bits per heavy atom. The number of carbonyl (C=O) groups excluding carboxylic acids is 1. The number of carbonyl (C=O) groups is 1. The van der Waals surface area contributed by atoms with Gasteiger partial charge in [-0.25, -0.2) is 9.79 Å². The van der Waals surface area contributed by atoms with Crippen LogP contribution >= 0.6 is 45.8 Å². The molecule has 0 amide bonds. The molecule has 0 aliphatic carbocycles. The van der Waals surface area contributed by atoms with Crippen molar-refractivity contribution in [3.05, 3.63) is 20.9 Å². The van der Waals surface area contributed by atoms with Crippen LogP contribution in [0, 0.1) is 0 Å². The van der Waals surface area contributed by atoms with E-state index in [0.717, 1.165) is 0 Å². The molecule has 0 atom stereocenters. The van der Waals surface area contributed by atoms with E-state index in [-0.39, 0.29) is 15.9 Å². The Balaban J connectivity index is 4.92. The van der Waals surface area contributed by atoms with Crippen LogP contribution in [0.1, 0.15) is 6.92 Å². The Bertz CT molecular complexity index is 319. The average molecular weight is 348 g/mol. The van der Waals surface area contributed by atoms with Crippen LogP contribution in [-0.4, -0.2) is 18.2 Å². The lowest BCUT2D eigenvalue weighted by molar-refractivity contribution is -0.135. The normalized spacial score (nSPS) is 13.4. The van der Waals surface area contributed by atoms with Gasteiger partial charge in [0.2, 0.25) is 0 Å². The highest BCUT2D eigenvalue weighted by atomic mass is 127. The summed E-state index contributed by atoms with van der Waals surface area (Å²) in [5.41, 5.74) is 0.153. The molecular formula is C8H8Cl2INO2. The molecule has 0 fully saturated rings. The Kier molecular flexibility index (Phi) is 6.39. The summed E-state index contributed by atoms with van der Waals surface area (Å²) < 4.78 is 4.88. The van der Waals surface area contributed by atoms with Gasteiger partial charge in [-0.3, -0.25) is 0 Å². The van der Waals surface area contributed by atoms with E-state index in [1.54, 1.807) is 6.92 Å². The van der Waals surface area contributed by atoms with Crippen LogP contribution in [0.15, 0.2) is 25.9 Å². The molecule has 0 saturated carbocycles. The summed E-state index contributed by atoms with van der Waals surface area (Å²) in [7, 11) is 1.27. The number of esters is 1. The van der Waals surface area contributed by atoms with E-state index in [1.165, 1.54) is 7.11 Å². The summed E-state index contributed by atoms with van der Waals surface area (Å²) >= 11 is 13.1. The number of hydrogen-bond donors (Lipinski definition) is 0. The Labute approximate surface area is 106 Å². The largest absolute Gasteiger partial charge is 0.465 e. The SMILES string of the molecule is C=C(C(=O)OC)/C(I)=C(Cl)\N=C(/C)Cl. The fourth-order valence-corrected chi connectivity index (χ4v) is 1.23. The van der Waals surface area contributed by atoms with Crippen LogP contribution < -0.4 is 0 Å². The Morgan fingerprint density at radius 3 is 2.36 bits per heavy atom. The minimum Gasteiger partial charge on any atom is -0.465 e. The van der Waals surface area contributed by atoms with Crippen LogP contribution in [-0.2, 0) is 9.53 Å². The van der Waals surface area contributed by atoms with Gasteiger partial charge in [-0.15, -0.1) is 0 Å². The van der Waals surface area contributed by atoms with Crippen molar-refractivity contribution in [2.75, 3.05) is 7.11 Å². The molecule has 0 aliphatic rings.